The Balaban J connectivity index is 1.85. The van der Waals surface area contributed by atoms with Gasteiger partial charge in [0.2, 0.25) is 0 Å². The lowest BCUT2D eigenvalue weighted by molar-refractivity contribution is 0.252. The Kier molecular flexibility index (Phi) is 0.968. The molecule has 3 fully saturated rings. The van der Waals surface area contributed by atoms with Crippen molar-refractivity contribution in [1.82, 2.24) is 5.32 Å². The molecule has 0 aromatic rings. The molecule has 0 aliphatic carbocycles. The highest BCUT2D eigenvalue weighted by atomic mass is 16.6. The average Bonchev–Trinajstić information content (AvgIpc) is 2.58. The van der Waals surface area contributed by atoms with Crippen molar-refractivity contribution in [3.63, 3.8) is 0 Å². The fourth-order valence-electron chi connectivity index (χ4n) is 2.47. The minimum Gasteiger partial charge on any atom is -0.366 e. The first-order chi connectivity index (χ1) is 4.95. The zero-order valence-corrected chi connectivity index (χ0v) is 6.05. The Bertz CT molecular complexity index is 143. The van der Waals surface area contributed by atoms with Crippen LogP contribution in [-0.2, 0) is 4.74 Å². The molecule has 1 N–H and O–H groups in total. The summed E-state index contributed by atoms with van der Waals surface area (Å²) in [7, 11) is 0. The molecule has 3 aliphatic rings. The van der Waals surface area contributed by atoms with Crippen molar-refractivity contribution in [3.8, 4) is 0 Å². The number of nitrogens with one attached hydrogen (secondary N) is 1. The molecule has 10 heavy (non-hydrogen) atoms. The monoisotopic (exact) mass is 139 g/mol. The molecule has 0 saturated carbocycles. The van der Waals surface area contributed by atoms with Crippen LogP contribution >= 0.6 is 0 Å². The average molecular weight is 139 g/mol. The Labute approximate surface area is 60.9 Å². The molecule has 2 bridgehead atoms. The number of fused-ring (bicyclic) bond motifs is 5. The lowest BCUT2D eigenvalue weighted by Gasteiger charge is -2.12. The molecule has 0 unspecified atom stereocenters. The predicted molar refractivity (Wildman–Crippen MR) is 37.8 cm³/mol. The van der Waals surface area contributed by atoms with E-state index in [1.807, 2.05) is 0 Å². The van der Waals surface area contributed by atoms with Gasteiger partial charge in [0.1, 0.15) is 12.2 Å². The van der Waals surface area contributed by atoms with E-state index in [4.69, 9.17) is 4.74 Å². The van der Waals surface area contributed by atoms with E-state index in [1.54, 1.807) is 0 Å². The quantitative estimate of drug-likeness (QED) is 0.499. The summed E-state index contributed by atoms with van der Waals surface area (Å²) in [5, 5.41) is 3.63. The lowest BCUT2D eigenvalue weighted by Crippen LogP contribution is -2.33. The van der Waals surface area contributed by atoms with Gasteiger partial charge < -0.3 is 10.1 Å². The zero-order valence-electron chi connectivity index (χ0n) is 6.05. The number of hydrogen-bond acceptors (Lipinski definition) is 2. The molecule has 2 nitrogen and oxygen atoms in total. The van der Waals surface area contributed by atoms with E-state index in [0.717, 1.165) is 12.1 Å². The van der Waals surface area contributed by atoms with Crippen molar-refractivity contribution in [2.45, 2.75) is 50.0 Å². The molecular weight excluding hydrogens is 126 g/mol. The van der Waals surface area contributed by atoms with E-state index < -0.39 is 0 Å². The van der Waals surface area contributed by atoms with Crippen LogP contribution in [0, 0.1) is 0 Å². The molecule has 3 rings (SSSR count). The maximum absolute atomic E-state index is 5.54. The number of hydrogen-bond donors (Lipinski definition) is 1. The maximum Gasteiger partial charge on any atom is 0.101 e. The standard InChI is InChI=1S/C8H13NO/c1-2-4-6-8-7(10-8)5(3-1)9-6/h5-9H,1-4H2/t5-,6+,7-,8+. The van der Waals surface area contributed by atoms with Crippen LogP contribution in [0.3, 0.4) is 0 Å². The molecule has 3 aliphatic heterocycles. The van der Waals surface area contributed by atoms with Crippen LogP contribution in [0.1, 0.15) is 25.7 Å². The highest BCUT2D eigenvalue weighted by molar-refractivity contribution is 5.10. The van der Waals surface area contributed by atoms with Crippen LogP contribution in [0.4, 0.5) is 0 Å². The number of rotatable bonds is 0. The van der Waals surface area contributed by atoms with Gasteiger partial charge in [0.15, 0.2) is 0 Å². The van der Waals surface area contributed by atoms with Crippen molar-refractivity contribution in [3.05, 3.63) is 0 Å². The van der Waals surface area contributed by atoms with E-state index in [-0.39, 0.29) is 0 Å². The van der Waals surface area contributed by atoms with Crippen molar-refractivity contribution >= 4 is 0 Å². The van der Waals surface area contributed by atoms with Gasteiger partial charge in [-0.15, -0.1) is 0 Å². The topological polar surface area (TPSA) is 24.6 Å². The van der Waals surface area contributed by atoms with Gasteiger partial charge in [0.05, 0.1) is 0 Å². The predicted octanol–water partition coefficient (Wildman–Crippen LogP) is 0.668. The van der Waals surface area contributed by atoms with E-state index in [9.17, 15) is 0 Å². The Hall–Kier alpha value is -0.0800. The van der Waals surface area contributed by atoms with Crippen LogP contribution in [0.15, 0.2) is 0 Å². The normalized spacial score (nSPS) is 57.6. The van der Waals surface area contributed by atoms with Gasteiger partial charge in [-0.25, -0.2) is 0 Å². The van der Waals surface area contributed by atoms with Crippen molar-refractivity contribution in [2.24, 2.45) is 0 Å². The molecule has 0 aromatic heterocycles. The first-order valence-electron chi connectivity index (χ1n) is 4.37. The van der Waals surface area contributed by atoms with Gasteiger partial charge in [0, 0.05) is 12.1 Å². The largest absolute Gasteiger partial charge is 0.366 e. The molecule has 0 radical (unpaired) electrons. The zero-order chi connectivity index (χ0) is 6.55. The van der Waals surface area contributed by atoms with Crippen molar-refractivity contribution < 1.29 is 4.74 Å². The van der Waals surface area contributed by atoms with Gasteiger partial charge in [-0.05, 0) is 12.8 Å². The Morgan fingerprint density at radius 2 is 1.60 bits per heavy atom. The first-order valence-corrected chi connectivity index (χ1v) is 4.37. The van der Waals surface area contributed by atoms with Gasteiger partial charge >= 0.3 is 0 Å². The number of epoxide rings is 1. The van der Waals surface area contributed by atoms with Crippen LogP contribution in [0.5, 0.6) is 0 Å². The van der Waals surface area contributed by atoms with Crippen LogP contribution in [0.25, 0.3) is 0 Å². The molecule has 3 heterocycles. The molecule has 0 aromatic carbocycles. The molecular formula is C8H13NO. The fourth-order valence-corrected chi connectivity index (χ4v) is 2.47. The summed E-state index contributed by atoms with van der Waals surface area (Å²) >= 11 is 0. The first kappa shape index (κ1) is 5.56. The summed E-state index contributed by atoms with van der Waals surface area (Å²) < 4.78 is 5.54. The molecule has 4 atom stereocenters. The fraction of sp³-hybridized carbons (Fsp3) is 1.00. The van der Waals surface area contributed by atoms with Crippen LogP contribution < -0.4 is 5.32 Å². The highest BCUT2D eigenvalue weighted by Gasteiger charge is 2.56. The van der Waals surface area contributed by atoms with Crippen molar-refractivity contribution in [2.75, 3.05) is 0 Å². The number of morpholine rings is 1. The highest BCUT2D eigenvalue weighted by Crippen LogP contribution is 2.40. The van der Waals surface area contributed by atoms with E-state index in [1.165, 1.54) is 25.7 Å². The van der Waals surface area contributed by atoms with E-state index in [2.05, 4.69) is 5.32 Å². The second kappa shape index (κ2) is 1.74. The minimum absolute atomic E-state index is 0.616. The Morgan fingerprint density at radius 3 is 2.20 bits per heavy atom. The van der Waals surface area contributed by atoms with Gasteiger partial charge in [-0.1, -0.05) is 12.8 Å². The van der Waals surface area contributed by atoms with Gasteiger partial charge in [-0.2, -0.15) is 0 Å². The lowest BCUT2D eigenvalue weighted by atomic mass is 10.0. The van der Waals surface area contributed by atoms with E-state index in [0.29, 0.717) is 12.2 Å². The third-order valence-corrected chi connectivity index (χ3v) is 3.06. The van der Waals surface area contributed by atoms with Crippen LogP contribution in [-0.4, -0.2) is 24.3 Å². The number of ether oxygens (including phenoxy) is 1. The Morgan fingerprint density at radius 1 is 1.00 bits per heavy atom. The molecule has 0 amide bonds. The van der Waals surface area contributed by atoms with Gasteiger partial charge in [-0.3, -0.25) is 0 Å². The smallest absolute Gasteiger partial charge is 0.101 e. The van der Waals surface area contributed by atoms with Crippen LogP contribution in [0.2, 0.25) is 0 Å². The molecule has 56 valence electrons. The summed E-state index contributed by atoms with van der Waals surface area (Å²) in [5.41, 5.74) is 0. The third-order valence-electron chi connectivity index (χ3n) is 3.06. The summed E-state index contributed by atoms with van der Waals surface area (Å²) in [5.74, 6) is 0. The van der Waals surface area contributed by atoms with Crippen molar-refractivity contribution in [1.29, 1.82) is 0 Å². The molecule has 3 saturated heterocycles. The second-order valence-electron chi connectivity index (χ2n) is 3.73. The summed E-state index contributed by atoms with van der Waals surface area (Å²) in [6.07, 6.45) is 6.73. The second-order valence-corrected chi connectivity index (χ2v) is 3.73. The molecule has 0 spiro atoms. The summed E-state index contributed by atoms with van der Waals surface area (Å²) in [6.45, 7) is 0. The molecule has 2 heteroatoms. The van der Waals surface area contributed by atoms with E-state index >= 15 is 0 Å². The summed E-state index contributed by atoms with van der Waals surface area (Å²) in [6, 6.07) is 1.44. The SMILES string of the molecule is C1CC[C@H]2N[C@@H](C1)[C@@H]1O[C@@H]12. The third kappa shape index (κ3) is 0.611. The maximum atomic E-state index is 5.54. The van der Waals surface area contributed by atoms with Gasteiger partial charge in [0.25, 0.3) is 0 Å². The minimum atomic E-state index is 0.616. The summed E-state index contributed by atoms with van der Waals surface area (Å²) in [4.78, 5) is 0.